The van der Waals surface area contributed by atoms with Crippen LogP contribution in [0, 0.1) is 5.92 Å². The van der Waals surface area contributed by atoms with E-state index in [1.807, 2.05) is 0 Å². The Morgan fingerprint density at radius 3 is 2.07 bits per heavy atom. The first-order valence-electron chi connectivity index (χ1n) is 4.79. The number of rotatable bonds is 6. The summed E-state index contributed by atoms with van der Waals surface area (Å²) in [6.07, 6.45) is 0.838. The number of Topliss-reactive ketones (excluding diaryl/α,β-unsaturated/α-hetero) is 1. The van der Waals surface area contributed by atoms with E-state index in [9.17, 15) is 9.36 Å². The van der Waals surface area contributed by atoms with Crippen LogP contribution in [0.15, 0.2) is 0 Å². The first-order valence-corrected chi connectivity index (χ1v) is 5.92. The van der Waals surface area contributed by atoms with Crippen LogP contribution in [0.25, 0.3) is 0 Å². The van der Waals surface area contributed by atoms with Gasteiger partial charge in [0.1, 0.15) is 0 Å². The van der Waals surface area contributed by atoms with Gasteiger partial charge in [-0.05, 0) is 12.8 Å². The largest absolute Gasteiger partial charge is 0.695 e. The Balaban J connectivity index is 4.86. The summed E-state index contributed by atoms with van der Waals surface area (Å²) in [5.74, 6) is -0.301. The third kappa shape index (κ3) is 3.12. The molecule has 1 N–H and O–H groups in total. The van der Waals surface area contributed by atoms with Gasteiger partial charge in [-0.15, -0.1) is 9.42 Å². The topological polar surface area (TPSA) is 63.6 Å². The quantitative estimate of drug-likeness (QED) is 0.699. The summed E-state index contributed by atoms with van der Waals surface area (Å²) < 4.78 is 15.5. The molecule has 0 aliphatic rings. The molecule has 1 unspecified atom stereocenters. The highest BCUT2D eigenvalue weighted by Gasteiger charge is 2.44. The van der Waals surface area contributed by atoms with Gasteiger partial charge in [0.25, 0.3) is 0 Å². The highest BCUT2D eigenvalue weighted by molar-refractivity contribution is 7.32. The molecule has 0 rings (SSSR count). The van der Waals surface area contributed by atoms with Crippen LogP contribution in [0.3, 0.4) is 0 Å². The molecule has 0 aromatic rings. The maximum Gasteiger partial charge on any atom is 0.695 e. The zero-order valence-electron chi connectivity index (χ0n) is 9.11. The second-order valence-corrected chi connectivity index (χ2v) is 4.21. The van der Waals surface area contributed by atoms with Crippen molar-refractivity contribution in [1.82, 2.24) is 0 Å². The maximum atomic E-state index is 11.8. The molecular weight excluding hydrogens is 203 g/mol. The Morgan fingerprint density at radius 2 is 1.86 bits per heavy atom. The van der Waals surface area contributed by atoms with E-state index in [0.29, 0.717) is 12.8 Å². The minimum atomic E-state index is -2.73. The third-order valence-corrected chi connectivity index (χ3v) is 2.87. The van der Waals surface area contributed by atoms with Crippen molar-refractivity contribution in [2.24, 2.45) is 5.92 Å². The molecule has 82 valence electrons. The third-order valence-electron chi connectivity index (χ3n) is 2.37. The second-order valence-electron chi connectivity index (χ2n) is 3.55. The van der Waals surface area contributed by atoms with E-state index in [0.717, 1.165) is 0 Å². The molecule has 0 aromatic heterocycles. The van der Waals surface area contributed by atoms with E-state index in [1.165, 1.54) is 0 Å². The first-order chi connectivity index (χ1) is 6.39. The van der Waals surface area contributed by atoms with E-state index >= 15 is 0 Å². The van der Waals surface area contributed by atoms with E-state index < -0.39 is 13.9 Å². The zero-order valence-corrected chi connectivity index (χ0v) is 10.0. The van der Waals surface area contributed by atoms with Crippen LogP contribution < -0.4 is 0 Å². The molecule has 0 amide bonds. The lowest BCUT2D eigenvalue weighted by Crippen LogP contribution is -2.41. The molecule has 0 fully saturated rings. The predicted molar refractivity (Wildman–Crippen MR) is 54.1 cm³/mol. The molecule has 0 spiro atoms. The molecule has 0 heterocycles. The van der Waals surface area contributed by atoms with Crippen molar-refractivity contribution in [3.05, 3.63) is 0 Å². The zero-order chi connectivity index (χ0) is 11.4. The fourth-order valence-electron chi connectivity index (χ4n) is 1.45. The lowest BCUT2D eigenvalue weighted by atomic mass is 9.86. The average Bonchev–Trinajstić information content (AvgIpc) is 2.12. The molecule has 0 aliphatic carbocycles. The van der Waals surface area contributed by atoms with Gasteiger partial charge in [-0.2, -0.15) is 0 Å². The number of hydrogen-bond acceptors (Lipinski definition) is 3. The standard InChI is InChI=1S/C9H17O4P/c1-5-9(6-2,13-14(11)12)8(10)7(3)4/h7H,5-6H2,1-4H3/p+1. The van der Waals surface area contributed by atoms with Gasteiger partial charge in [-0.1, -0.05) is 27.7 Å². The van der Waals surface area contributed by atoms with Gasteiger partial charge < -0.3 is 0 Å². The predicted octanol–water partition coefficient (Wildman–Crippen LogP) is 2.44. The maximum absolute atomic E-state index is 11.8. The number of ketones is 1. The van der Waals surface area contributed by atoms with E-state index in [-0.39, 0.29) is 11.7 Å². The van der Waals surface area contributed by atoms with E-state index in [4.69, 9.17) is 9.42 Å². The molecule has 4 nitrogen and oxygen atoms in total. The highest BCUT2D eigenvalue weighted by atomic mass is 31.1. The molecule has 0 aromatic carbocycles. The lowest BCUT2D eigenvalue weighted by Gasteiger charge is -2.24. The Labute approximate surface area is 85.6 Å². The van der Waals surface area contributed by atoms with Crippen LogP contribution in [0.1, 0.15) is 40.5 Å². The van der Waals surface area contributed by atoms with Crippen molar-refractivity contribution >= 4 is 14.0 Å². The summed E-state index contributed by atoms with van der Waals surface area (Å²) in [6, 6.07) is 0. The average molecular weight is 221 g/mol. The molecular formula is C9H18O4P+. The van der Waals surface area contributed by atoms with E-state index in [1.54, 1.807) is 27.7 Å². The van der Waals surface area contributed by atoms with Crippen molar-refractivity contribution in [3.8, 4) is 0 Å². The molecule has 0 bridgehead atoms. The van der Waals surface area contributed by atoms with Crippen LogP contribution in [0.5, 0.6) is 0 Å². The smallest absolute Gasteiger partial charge is 0.296 e. The monoisotopic (exact) mass is 221 g/mol. The van der Waals surface area contributed by atoms with Crippen LogP contribution in [0.2, 0.25) is 0 Å². The number of carbonyl (C=O) groups is 1. The van der Waals surface area contributed by atoms with Crippen molar-refractivity contribution < 1.29 is 18.8 Å². The SMILES string of the molecule is CCC(CC)(O[P+](=O)O)C(=O)C(C)C. The van der Waals surface area contributed by atoms with Crippen molar-refractivity contribution in [1.29, 1.82) is 0 Å². The van der Waals surface area contributed by atoms with Gasteiger partial charge in [-0.3, -0.25) is 4.79 Å². The fraction of sp³-hybridized carbons (Fsp3) is 0.889. The number of carbonyl (C=O) groups excluding carboxylic acids is 1. The van der Waals surface area contributed by atoms with Gasteiger partial charge in [0.05, 0.1) is 0 Å². The van der Waals surface area contributed by atoms with Crippen molar-refractivity contribution in [3.63, 3.8) is 0 Å². The molecule has 5 heteroatoms. The fourth-order valence-corrected chi connectivity index (χ4v) is 2.10. The summed E-state index contributed by atoms with van der Waals surface area (Å²) in [5.41, 5.74) is -1.09. The second kappa shape index (κ2) is 5.54. The van der Waals surface area contributed by atoms with Gasteiger partial charge in [0.2, 0.25) is 0 Å². The molecule has 1 atom stereocenters. The van der Waals surface area contributed by atoms with Gasteiger partial charge >= 0.3 is 8.25 Å². The Hall–Kier alpha value is -0.310. The number of hydrogen-bond donors (Lipinski definition) is 1. The van der Waals surface area contributed by atoms with Crippen LogP contribution in [-0.4, -0.2) is 16.3 Å². The summed E-state index contributed by atoms with van der Waals surface area (Å²) in [7, 11) is -2.73. The van der Waals surface area contributed by atoms with Crippen LogP contribution in [0.4, 0.5) is 0 Å². The lowest BCUT2D eigenvalue weighted by molar-refractivity contribution is -0.138. The molecule has 0 radical (unpaired) electrons. The molecule has 14 heavy (non-hydrogen) atoms. The normalized spacial score (nSPS) is 13.1. The Morgan fingerprint density at radius 1 is 1.43 bits per heavy atom. The molecule has 0 saturated carbocycles. The van der Waals surface area contributed by atoms with Crippen molar-refractivity contribution in [2.75, 3.05) is 0 Å². The first kappa shape index (κ1) is 13.7. The van der Waals surface area contributed by atoms with Crippen LogP contribution in [-0.2, 0) is 13.9 Å². The van der Waals surface area contributed by atoms with Crippen LogP contribution >= 0.6 is 8.25 Å². The summed E-state index contributed by atoms with van der Waals surface area (Å²) in [6.45, 7) is 7.08. The Bertz CT molecular complexity index is 221. The van der Waals surface area contributed by atoms with Gasteiger partial charge in [0, 0.05) is 10.5 Å². The highest BCUT2D eigenvalue weighted by Crippen LogP contribution is 2.34. The minimum absolute atomic E-state index is 0.111. The molecule has 0 saturated heterocycles. The molecule has 0 aliphatic heterocycles. The van der Waals surface area contributed by atoms with E-state index in [2.05, 4.69) is 0 Å². The van der Waals surface area contributed by atoms with Gasteiger partial charge in [-0.25, -0.2) is 0 Å². The minimum Gasteiger partial charge on any atom is -0.296 e. The summed E-state index contributed by atoms with van der Waals surface area (Å²) in [4.78, 5) is 20.5. The van der Waals surface area contributed by atoms with Crippen molar-refractivity contribution in [2.45, 2.75) is 46.1 Å². The summed E-state index contributed by atoms with van der Waals surface area (Å²) >= 11 is 0. The Kier molecular flexibility index (Phi) is 5.42. The van der Waals surface area contributed by atoms with Gasteiger partial charge in [0.15, 0.2) is 11.4 Å². The summed E-state index contributed by atoms with van der Waals surface area (Å²) in [5, 5.41) is 0.